The first kappa shape index (κ1) is 21.2. The van der Waals surface area contributed by atoms with Crippen LogP contribution in [0, 0.1) is 6.92 Å². The van der Waals surface area contributed by atoms with Gasteiger partial charge in [0.2, 0.25) is 10.0 Å². The zero-order valence-electron chi connectivity index (χ0n) is 15.7. The maximum absolute atomic E-state index is 12.7. The smallest absolute Gasteiger partial charge is 0.255 e. The molecule has 0 aromatic heterocycles. The predicted octanol–water partition coefficient (Wildman–Crippen LogP) is 3.94. The van der Waals surface area contributed by atoms with E-state index in [1.54, 1.807) is 6.07 Å². The SMILES string of the molecule is CCCOc1cc(C)ccc1NC(=O)c1ccc(Cl)c(S(=O)(=O)N(C)C)c1. The molecular formula is C19H23ClN2O4S. The van der Waals surface area contributed by atoms with E-state index in [0.29, 0.717) is 18.0 Å². The highest BCUT2D eigenvalue weighted by Crippen LogP contribution is 2.28. The Bertz CT molecular complexity index is 943. The number of rotatable bonds is 7. The Hall–Kier alpha value is -2.09. The molecule has 0 radical (unpaired) electrons. The molecule has 0 bridgehead atoms. The van der Waals surface area contributed by atoms with Crippen molar-refractivity contribution in [3.05, 3.63) is 52.5 Å². The van der Waals surface area contributed by atoms with Gasteiger partial charge in [-0.2, -0.15) is 0 Å². The molecule has 0 aliphatic heterocycles. The minimum Gasteiger partial charge on any atom is -0.491 e. The van der Waals surface area contributed by atoms with Gasteiger partial charge >= 0.3 is 0 Å². The molecule has 0 aliphatic rings. The van der Waals surface area contributed by atoms with Crippen molar-refractivity contribution in [1.29, 1.82) is 0 Å². The third kappa shape index (κ3) is 5.00. The molecule has 2 aromatic carbocycles. The number of ether oxygens (including phenoxy) is 1. The Balaban J connectivity index is 2.35. The molecule has 1 N–H and O–H groups in total. The van der Waals surface area contributed by atoms with Gasteiger partial charge in [-0.1, -0.05) is 24.6 Å². The molecule has 2 rings (SSSR count). The summed E-state index contributed by atoms with van der Waals surface area (Å²) in [5.74, 6) is 0.118. The number of anilines is 1. The van der Waals surface area contributed by atoms with Crippen LogP contribution in [-0.2, 0) is 10.0 Å². The van der Waals surface area contributed by atoms with Crippen LogP contribution in [0.2, 0.25) is 5.02 Å². The van der Waals surface area contributed by atoms with Crippen LogP contribution in [0.4, 0.5) is 5.69 Å². The molecule has 0 atom stereocenters. The third-order valence-electron chi connectivity index (χ3n) is 3.80. The third-order valence-corrected chi connectivity index (χ3v) is 6.10. The summed E-state index contributed by atoms with van der Waals surface area (Å²) in [6.45, 7) is 4.45. The summed E-state index contributed by atoms with van der Waals surface area (Å²) in [5.41, 5.74) is 1.71. The van der Waals surface area contributed by atoms with Crippen LogP contribution in [-0.4, -0.2) is 39.3 Å². The monoisotopic (exact) mass is 410 g/mol. The van der Waals surface area contributed by atoms with E-state index in [1.807, 2.05) is 26.0 Å². The van der Waals surface area contributed by atoms with Gasteiger partial charge in [-0.05, 0) is 49.2 Å². The molecule has 2 aromatic rings. The normalized spacial score (nSPS) is 11.5. The molecule has 0 saturated carbocycles. The predicted molar refractivity (Wildman–Crippen MR) is 107 cm³/mol. The fraction of sp³-hybridized carbons (Fsp3) is 0.316. The number of nitrogens with zero attached hydrogens (tertiary/aromatic N) is 1. The first-order chi connectivity index (χ1) is 12.7. The van der Waals surface area contributed by atoms with Crippen molar-refractivity contribution in [2.24, 2.45) is 0 Å². The van der Waals surface area contributed by atoms with E-state index in [9.17, 15) is 13.2 Å². The first-order valence-corrected chi connectivity index (χ1v) is 10.3. The summed E-state index contributed by atoms with van der Waals surface area (Å²) in [5, 5.41) is 2.83. The topological polar surface area (TPSA) is 75.7 Å². The molecule has 8 heteroatoms. The Morgan fingerprint density at radius 2 is 1.89 bits per heavy atom. The fourth-order valence-corrected chi connectivity index (χ4v) is 3.69. The summed E-state index contributed by atoms with van der Waals surface area (Å²) < 4.78 is 31.5. The molecule has 6 nitrogen and oxygen atoms in total. The lowest BCUT2D eigenvalue weighted by atomic mass is 10.1. The minimum absolute atomic E-state index is 0.0579. The summed E-state index contributed by atoms with van der Waals surface area (Å²) in [6, 6.07) is 9.61. The van der Waals surface area contributed by atoms with Gasteiger partial charge in [0.1, 0.15) is 10.6 Å². The first-order valence-electron chi connectivity index (χ1n) is 8.43. The maximum atomic E-state index is 12.7. The van der Waals surface area contributed by atoms with Gasteiger partial charge in [-0.3, -0.25) is 4.79 Å². The number of hydrogen-bond donors (Lipinski definition) is 1. The highest BCUT2D eigenvalue weighted by atomic mass is 35.5. The second-order valence-corrected chi connectivity index (χ2v) is 8.76. The summed E-state index contributed by atoms with van der Waals surface area (Å²) in [6.07, 6.45) is 0.838. The van der Waals surface area contributed by atoms with E-state index < -0.39 is 15.9 Å². The van der Waals surface area contributed by atoms with E-state index in [-0.39, 0.29) is 15.5 Å². The van der Waals surface area contributed by atoms with E-state index in [4.69, 9.17) is 16.3 Å². The van der Waals surface area contributed by atoms with Crippen LogP contribution < -0.4 is 10.1 Å². The minimum atomic E-state index is -3.77. The molecule has 27 heavy (non-hydrogen) atoms. The molecule has 0 aliphatic carbocycles. The zero-order chi connectivity index (χ0) is 20.2. The van der Waals surface area contributed by atoms with Gasteiger partial charge in [-0.15, -0.1) is 0 Å². The highest BCUT2D eigenvalue weighted by molar-refractivity contribution is 7.89. The van der Waals surface area contributed by atoms with Gasteiger partial charge in [0.05, 0.1) is 17.3 Å². The van der Waals surface area contributed by atoms with Crippen LogP contribution in [0.1, 0.15) is 29.3 Å². The molecule has 0 saturated heterocycles. The summed E-state index contributed by atoms with van der Waals surface area (Å²) >= 11 is 6.03. The van der Waals surface area contributed by atoms with Crippen LogP contribution in [0.15, 0.2) is 41.3 Å². The standard InChI is InChI=1S/C19H23ClN2O4S/c1-5-10-26-17-11-13(2)6-9-16(17)21-19(23)14-7-8-15(20)18(12-14)27(24,25)22(3)4/h6-9,11-12H,5,10H2,1-4H3,(H,21,23). The van der Waals surface area contributed by atoms with Crippen LogP contribution >= 0.6 is 11.6 Å². The van der Waals surface area contributed by atoms with Crippen molar-refractivity contribution in [3.8, 4) is 5.75 Å². The maximum Gasteiger partial charge on any atom is 0.255 e. The van der Waals surface area contributed by atoms with Gasteiger partial charge in [-0.25, -0.2) is 12.7 Å². The van der Waals surface area contributed by atoms with Crippen molar-refractivity contribution >= 4 is 33.2 Å². The van der Waals surface area contributed by atoms with Gasteiger partial charge < -0.3 is 10.1 Å². The van der Waals surface area contributed by atoms with Gasteiger partial charge in [0.15, 0.2) is 0 Å². The number of carbonyl (C=O) groups is 1. The van der Waals surface area contributed by atoms with Gasteiger partial charge in [0, 0.05) is 19.7 Å². The Morgan fingerprint density at radius 3 is 2.52 bits per heavy atom. The Labute approximate surface area is 165 Å². The second kappa shape index (κ2) is 8.73. The molecule has 0 spiro atoms. The molecule has 0 fully saturated rings. The Kier molecular flexibility index (Phi) is 6.86. The number of hydrogen-bond acceptors (Lipinski definition) is 4. The van der Waals surface area contributed by atoms with E-state index >= 15 is 0 Å². The lowest BCUT2D eigenvalue weighted by Gasteiger charge is -2.15. The number of halogens is 1. The number of amides is 1. The van der Waals surface area contributed by atoms with E-state index in [2.05, 4.69) is 5.32 Å². The second-order valence-electron chi connectivity index (χ2n) is 6.23. The average Bonchev–Trinajstić information content (AvgIpc) is 2.61. The number of aryl methyl sites for hydroxylation is 1. The van der Waals surface area contributed by atoms with Crippen molar-refractivity contribution in [2.75, 3.05) is 26.0 Å². The average molecular weight is 411 g/mol. The van der Waals surface area contributed by atoms with E-state index in [1.165, 1.54) is 32.3 Å². The highest BCUT2D eigenvalue weighted by Gasteiger charge is 2.22. The zero-order valence-corrected chi connectivity index (χ0v) is 17.3. The quantitative estimate of drug-likeness (QED) is 0.750. The van der Waals surface area contributed by atoms with E-state index in [0.717, 1.165) is 16.3 Å². The van der Waals surface area contributed by atoms with Crippen LogP contribution in [0.3, 0.4) is 0 Å². The molecular weight excluding hydrogens is 388 g/mol. The number of nitrogens with one attached hydrogen (secondary N) is 1. The Morgan fingerprint density at radius 1 is 1.19 bits per heavy atom. The molecule has 0 heterocycles. The number of carbonyl (C=O) groups excluding carboxylic acids is 1. The van der Waals surface area contributed by atoms with Crippen molar-refractivity contribution in [3.63, 3.8) is 0 Å². The van der Waals surface area contributed by atoms with Crippen molar-refractivity contribution in [2.45, 2.75) is 25.2 Å². The summed E-state index contributed by atoms with van der Waals surface area (Å²) in [7, 11) is -0.956. The lowest BCUT2D eigenvalue weighted by molar-refractivity contribution is 0.102. The molecule has 146 valence electrons. The van der Waals surface area contributed by atoms with Crippen molar-refractivity contribution < 1.29 is 17.9 Å². The van der Waals surface area contributed by atoms with Gasteiger partial charge in [0.25, 0.3) is 5.91 Å². The number of sulfonamides is 1. The fourth-order valence-electron chi connectivity index (χ4n) is 2.30. The van der Waals surface area contributed by atoms with Crippen LogP contribution in [0.25, 0.3) is 0 Å². The number of benzene rings is 2. The lowest BCUT2D eigenvalue weighted by Crippen LogP contribution is -2.23. The summed E-state index contributed by atoms with van der Waals surface area (Å²) in [4.78, 5) is 12.5. The van der Waals surface area contributed by atoms with Crippen LogP contribution in [0.5, 0.6) is 5.75 Å². The molecule has 1 amide bonds. The largest absolute Gasteiger partial charge is 0.491 e. The molecule has 0 unspecified atom stereocenters. The van der Waals surface area contributed by atoms with Crippen molar-refractivity contribution in [1.82, 2.24) is 4.31 Å².